The van der Waals surface area contributed by atoms with E-state index in [1.807, 2.05) is 0 Å². The number of aromatic nitrogens is 2. The van der Waals surface area contributed by atoms with Crippen molar-refractivity contribution in [3.8, 4) is 16.6 Å². The Kier molecular flexibility index (Phi) is 3.77. The SMILES string of the molecule is COc1nc(-c2ccc([N+](=O)[O-])s2)nc(F)c1C(F)(F)F. The van der Waals surface area contributed by atoms with Gasteiger partial charge in [0.05, 0.1) is 16.9 Å². The van der Waals surface area contributed by atoms with Gasteiger partial charge in [-0.15, -0.1) is 0 Å². The molecule has 11 heteroatoms. The van der Waals surface area contributed by atoms with Crippen molar-refractivity contribution in [3.63, 3.8) is 0 Å². The molecule has 0 aromatic carbocycles. The zero-order valence-corrected chi connectivity index (χ0v) is 11.0. The summed E-state index contributed by atoms with van der Waals surface area (Å²) in [6.07, 6.45) is -5.02. The predicted octanol–water partition coefficient (Wildman–Crippen LogP) is 3.28. The third-order valence-corrected chi connectivity index (χ3v) is 3.33. The second kappa shape index (κ2) is 5.24. The zero-order chi connectivity index (χ0) is 15.8. The molecule has 0 N–H and O–H groups in total. The standard InChI is InChI=1S/C10H5F4N3O3S/c1-20-9-6(10(12,13)14)7(11)15-8(16-9)4-2-3-5(21-4)17(18)19/h2-3H,1H3. The molecule has 0 amide bonds. The molecular weight excluding hydrogens is 318 g/mol. The van der Waals surface area contributed by atoms with Crippen molar-refractivity contribution < 1.29 is 27.2 Å². The van der Waals surface area contributed by atoms with Crippen LogP contribution in [0.4, 0.5) is 22.6 Å². The molecule has 21 heavy (non-hydrogen) atoms. The quantitative estimate of drug-likeness (QED) is 0.375. The van der Waals surface area contributed by atoms with Gasteiger partial charge in [-0.25, -0.2) is 0 Å². The van der Waals surface area contributed by atoms with Crippen LogP contribution in [0.2, 0.25) is 0 Å². The minimum absolute atomic E-state index is 0.0487. The molecule has 2 rings (SSSR count). The Bertz CT molecular complexity index is 701. The van der Waals surface area contributed by atoms with Gasteiger partial charge in [0.15, 0.2) is 11.4 Å². The van der Waals surface area contributed by atoms with E-state index in [1.165, 1.54) is 6.07 Å². The Hall–Kier alpha value is -2.30. The van der Waals surface area contributed by atoms with Crippen LogP contribution in [0.15, 0.2) is 12.1 Å². The molecule has 6 nitrogen and oxygen atoms in total. The van der Waals surface area contributed by atoms with Crippen LogP contribution >= 0.6 is 11.3 Å². The molecule has 0 saturated carbocycles. The number of rotatable bonds is 3. The van der Waals surface area contributed by atoms with Crippen molar-refractivity contribution in [1.29, 1.82) is 0 Å². The van der Waals surface area contributed by atoms with Gasteiger partial charge in [-0.2, -0.15) is 27.5 Å². The summed E-state index contributed by atoms with van der Waals surface area (Å²) in [5.74, 6) is -3.21. The van der Waals surface area contributed by atoms with E-state index in [0.29, 0.717) is 11.3 Å². The van der Waals surface area contributed by atoms with E-state index in [1.54, 1.807) is 0 Å². The van der Waals surface area contributed by atoms with Gasteiger partial charge in [-0.1, -0.05) is 11.3 Å². The number of hydrogen-bond donors (Lipinski definition) is 0. The van der Waals surface area contributed by atoms with E-state index in [9.17, 15) is 27.7 Å². The minimum Gasteiger partial charge on any atom is -0.480 e. The summed E-state index contributed by atoms with van der Waals surface area (Å²) in [5, 5.41) is 10.3. The molecule has 0 saturated heterocycles. The molecule has 0 fully saturated rings. The second-order valence-corrected chi connectivity index (χ2v) is 4.68. The average molecular weight is 323 g/mol. The molecular formula is C10H5F4N3O3S. The van der Waals surface area contributed by atoms with Crippen LogP contribution in [0.1, 0.15) is 5.56 Å². The first-order valence-electron chi connectivity index (χ1n) is 5.17. The fourth-order valence-corrected chi connectivity index (χ4v) is 2.21. The Morgan fingerprint density at radius 3 is 2.48 bits per heavy atom. The van der Waals surface area contributed by atoms with Gasteiger partial charge in [0.25, 0.3) is 0 Å². The lowest BCUT2D eigenvalue weighted by atomic mass is 10.3. The Morgan fingerprint density at radius 2 is 2.00 bits per heavy atom. The van der Waals surface area contributed by atoms with E-state index >= 15 is 0 Å². The molecule has 0 unspecified atom stereocenters. The smallest absolute Gasteiger partial charge is 0.426 e. The third-order valence-electron chi connectivity index (χ3n) is 2.30. The fraction of sp³-hybridized carbons (Fsp3) is 0.200. The van der Waals surface area contributed by atoms with Crippen LogP contribution in [0.5, 0.6) is 5.88 Å². The molecule has 0 aliphatic heterocycles. The highest BCUT2D eigenvalue weighted by molar-refractivity contribution is 7.18. The zero-order valence-electron chi connectivity index (χ0n) is 10.1. The van der Waals surface area contributed by atoms with Gasteiger partial charge in [0.2, 0.25) is 11.8 Å². The molecule has 0 atom stereocenters. The van der Waals surface area contributed by atoms with Gasteiger partial charge in [0, 0.05) is 6.07 Å². The highest BCUT2D eigenvalue weighted by atomic mass is 32.1. The summed E-state index contributed by atoms with van der Waals surface area (Å²) in [4.78, 5) is 16.5. The highest BCUT2D eigenvalue weighted by Gasteiger charge is 2.40. The van der Waals surface area contributed by atoms with E-state index in [4.69, 9.17) is 0 Å². The summed E-state index contributed by atoms with van der Waals surface area (Å²) < 4.78 is 56.0. The minimum atomic E-state index is -5.02. The number of ether oxygens (including phenoxy) is 1. The number of halogens is 4. The van der Waals surface area contributed by atoms with Crippen LogP contribution in [-0.2, 0) is 6.18 Å². The molecule has 2 aromatic heterocycles. The molecule has 2 aromatic rings. The summed E-state index contributed by atoms with van der Waals surface area (Å²) in [6.45, 7) is 0. The lowest BCUT2D eigenvalue weighted by Gasteiger charge is -2.11. The average Bonchev–Trinajstić information content (AvgIpc) is 2.85. The Labute approximate surface area is 118 Å². The fourth-order valence-electron chi connectivity index (χ4n) is 1.46. The van der Waals surface area contributed by atoms with Crippen molar-refractivity contribution in [2.75, 3.05) is 7.11 Å². The van der Waals surface area contributed by atoms with Crippen LogP contribution in [-0.4, -0.2) is 22.0 Å². The lowest BCUT2D eigenvalue weighted by molar-refractivity contribution is -0.380. The van der Waals surface area contributed by atoms with Crippen LogP contribution in [0.3, 0.4) is 0 Å². The van der Waals surface area contributed by atoms with Gasteiger partial charge >= 0.3 is 11.2 Å². The molecule has 2 heterocycles. The van der Waals surface area contributed by atoms with Crippen LogP contribution < -0.4 is 4.74 Å². The summed E-state index contributed by atoms with van der Waals surface area (Å²) in [7, 11) is 0.900. The maximum atomic E-state index is 13.6. The number of nitro groups is 1. The molecule has 0 radical (unpaired) electrons. The summed E-state index contributed by atoms with van der Waals surface area (Å²) in [6, 6.07) is 2.33. The van der Waals surface area contributed by atoms with Gasteiger partial charge in [-0.05, 0) is 6.07 Å². The first-order chi connectivity index (χ1) is 9.74. The second-order valence-electron chi connectivity index (χ2n) is 3.62. The van der Waals surface area contributed by atoms with Gasteiger partial charge in [0.1, 0.15) is 0 Å². The topological polar surface area (TPSA) is 78.2 Å². The van der Waals surface area contributed by atoms with Gasteiger partial charge < -0.3 is 4.74 Å². The van der Waals surface area contributed by atoms with E-state index in [-0.39, 0.29) is 9.88 Å². The maximum absolute atomic E-state index is 13.6. The molecule has 0 aliphatic carbocycles. The first kappa shape index (κ1) is 15.1. The predicted molar refractivity (Wildman–Crippen MR) is 63.5 cm³/mol. The lowest BCUT2D eigenvalue weighted by Crippen LogP contribution is -2.14. The van der Waals surface area contributed by atoms with Crippen molar-refractivity contribution in [2.45, 2.75) is 6.18 Å². The van der Waals surface area contributed by atoms with E-state index in [2.05, 4.69) is 14.7 Å². The normalized spacial score (nSPS) is 11.5. The monoisotopic (exact) mass is 323 g/mol. The number of alkyl halides is 3. The van der Waals surface area contributed by atoms with Crippen molar-refractivity contribution in [1.82, 2.24) is 9.97 Å². The largest absolute Gasteiger partial charge is 0.480 e. The maximum Gasteiger partial charge on any atom is 0.426 e. The van der Waals surface area contributed by atoms with Crippen molar-refractivity contribution >= 4 is 16.3 Å². The Balaban J connectivity index is 2.56. The Morgan fingerprint density at radius 1 is 1.33 bits per heavy atom. The summed E-state index contributed by atoms with van der Waals surface area (Å²) >= 11 is 0.608. The third kappa shape index (κ3) is 2.91. The molecule has 112 valence electrons. The van der Waals surface area contributed by atoms with E-state index < -0.39 is 34.3 Å². The van der Waals surface area contributed by atoms with Crippen LogP contribution in [0, 0.1) is 16.1 Å². The van der Waals surface area contributed by atoms with Crippen molar-refractivity contribution in [3.05, 3.63) is 33.8 Å². The summed E-state index contributed by atoms with van der Waals surface area (Å²) in [5.41, 5.74) is -1.72. The number of methoxy groups -OCH3 is 1. The molecule has 0 bridgehead atoms. The van der Waals surface area contributed by atoms with Crippen molar-refractivity contribution in [2.24, 2.45) is 0 Å². The van der Waals surface area contributed by atoms with Crippen LogP contribution in [0.25, 0.3) is 10.7 Å². The molecule has 0 spiro atoms. The molecule has 0 aliphatic rings. The van der Waals surface area contributed by atoms with Gasteiger partial charge in [-0.3, -0.25) is 10.1 Å². The number of hydrogen-bond acceptors (Lipinski definition) is 6. The first-order valence-corrected chi connectivity index (χ1v) is 5.99. The number of nitrogens with zero attached hydrogens (tertiary/aromatic N) is 3. The number of thiophene rings is 1. The van der Waals surface area contributed by atoms with E-state index in [0.717, 1.165) is 13.2 Å². The highest BCUT2D eigenvalue weighted by Crippen LogP contribution is 2.38.